The molecule has 5 rings (SSSR count). The lowest BCUT2D eigenvalue weighted by molar-refractivity contribution is -0.127. The summed E-state index contributed by atoms with van der Waals surface area (Å²) in [5.74, 6) is 1.32. The van der Waals surface area contributed by atoms with Crippen molar-refractivity contribution in [1.29, 1.82) is 0 Å². The summed E-state index contributed by atoms with van der Waals surface area (Å²) < 4.78 is 41.6. The minimum atomic E-state index is -3.36. The van der Waals surface area contributed by atoms with E-state index in [4.69, 9.17) is 13.9 Å². The molecule has 8 nitrogen and oxygen atoms in total. The molecule has 1 unspecified atom stereocenters. The van der Waals surface area contributed by atoms with Gasteiger partial charge in [-0.1, -0.05) is 23.5 Å². The van der Waals surface area contributed by atoms with Crippen molar-refractivity contribution >= 4 is 42.4 Å². The quantitative estimate of drug-likeness (QED) is 0.439. The fraction of sp³-hybridized carbons (Fsp3) is 0.182. The molecule has 1 atom stereocenters. The van der Waals surface area contributed by atoms with Gasteiger partial charge >= 0.3 is 0 Å². The molecule has 0 bridgehead atoms. The summed E-state index contributed by atoms with van der Waals surface area (Å²) in [4.78, 5) is 19.7. The number of rotatable bonds is 5. The third-order valence-electron chi connectivity index (χ3n) is 4.95. The highest BCUT2D eigenvalue weighted by molar-refractivity contribution is 7.90. The Hall–Kier alpha value is -3.37. The molecule has 3 heterocycles. The molecule has 2 aromatic heterocycles. The van der Waals surface area contributed by atoms with Gasteiger partial charge in [-0.05, 0) is 42.5 Å². The molecule has 0 N–H and O–H groups in total. The average molecular weight is 471 g/mol. The highest BCUT2D eigenvalue weighted by Crippen LogP contribution is 2.34. The number of para-hydroxylation sites is 2. The second-order valence-corrected chi connectivity index (χ2v) is 10.3. The van der Waals surface area contributed by atoms with Crippen molar-refractivity contribution in [1.82, 2.24) is 4.98 Å². The van der Waals surface area contributed by atoms with Crippen molar-refractivity contribution < 1.29 is 27.1 Å². The molecule has 0 aliphatic carbocycles. The highest BCUT2D eigenvalue weighted by atomic mass is 32.2. The van der Waals surface area contributed by atoms with Crippen LogP contribution in [0.25, 0.3) is 10.2 Å². The van der Waals surface area contributed by atoms with Crippen molar-refractivity contribution in [2.24, 2.45) is 0 Å². The van der Waals surface area contributed by atoms with Gasteiger partial charge in [0, 0.05) is 6.26 Å². The van der Waals surface area contributed by atoms with E-state index in [-0.39, 0.29) is 24.0 Å². The number of sulfone groups is 1. The molecule has 1 aliphatic heterocycles. The summed E-state index contributed by atoms with van der Waals surface area (Å²) in [5, 5.41) is 0.412. The van der Waals surface area contributed by atoms with E-state index < -0.39 is 15.9 Å². The largest absolute Gasteiger partial charge is 0.485 e. The molecule has 32 heavy (non-hydrogen) atoms. The first kappa shape index (κ1) is 20.5. The molecular formula is C22H18N2O6S2. The third-order valence-corrected chi connectivity index (χ3v) is 7.10. The van der Waals surface area contributed by atoms with E-state index in [1.54, 1.807) is 36.4 Å². The van der Waals surface area contributed by atoms with E-state index in [0.29, 0.717) is 32.6 Å². The molecule has 0 radical (unpaired) electrons. The Balaban J connectivity index is 1.50. The number of anilines is 1. The number of fused-ring (bicyclic) bond motifs is 2. The molecule has 0 saturated heterocycles. The number of carbonyl (C=O) groups is 1. The number of furan rings is 1. The Morgan fingerprint density at radius 2 is 1.97 bits per heavy atom. The van der Waals surface area contributed by atoms with Gasteiger partial charge in [-0.2, -0.15) is 0 Å². The van der Waals surface area contributed by atoms with Crippen LogP contribution < -0.4 is 14.4 Å². The zero-order chi connectivity index (χ0) is 22.3. The maximum Gasteiger partial charge on any atom is 0.273 e. The van der Waals surface area contributed by atoms with Gasteiger partial charge in [-0.15, -0.1) is 0 Å². The molecule has 0 spiro atoms. The lowest BCUT2D eigenvalue weighted by Crippen LogP contribution is -2.46. The number of nitrogens with zero attached hydrogens (tertiary/aromatic N) is 2. The second-order valence-electron chi connectivity index (χ2n) is 7.27. The van der Waals surface area contributed by atoms with Crippen LogP contribution in [0, 0.1) is 0 Å². The number of ether oxygens (including phenoxy) is 2. The van der Waals surface area contributed by atoms with Crippen LogP contribution in [0.4, 0.5) is 5.13 Å². The Bertz CT molecular complexity index is 1400. The Morgan fingerprint density at radius 3 is 2.72 bits per heavy atom. The van der Waals surface area contributed by atoms with E-state index in [9.17, 15) is 13.2 Å². The Morgan fingerprint density at radius 1 is 1.16 bits per heavy atom. The van der Waals surface area contributed by atoms with Gasteiger partial charge in [0.2, 0.25) is 6.10 Å². The number of aromatic nitrogens is 1. The number of hydrogen-bond acceptors (Lipinski definition) is 8. The molecule has 1 aliphatic rings. The van der Waals surface area contributed by atoms with Crippen LogP contribution >= 0.6 is 11.3 Å². The average Bonchev–Trinajstić information content (AvgIpc) is 3.45. The first-order valence-electron chi connectivity index (χ1n) is 9.71. The molecular weight excluding hydrogens is 452 g/mol. The smallest absolute Gasteiger partial charge is 0.273 e. The minimum absolute atomic E-state index is 0.0631. The predicted octanol–water partition coefficient (Wildman–Crippen LogP) is 3.67. The maximum atomic E-state index is 13.5. The van der Waals surface area contributed by atoms with E-state index in [0.717, 1.165) is 6.26 Å². The SMILES string of the molecule is CS(=O)(=O)c1ccc2nc(N(Cc3ccco3)C(=O)C3COc4ccccc4O3)sc2c1. The summed E-state index contributed by atoms with van der Waals surface area (Å²) in [6.45, 7) is 0.208. The van der Waals surface area contributed by atoms with Crippen molar-refractivity contribution in [2.75, 3.05) is 17.8 Å². The monoisotopic (exact) mass is 470 g/mol. The second kappa shape index (κ2) is 7.95. The summed E-state index contributed by atoms with van der Waals surface area (Å²) in [7, 11) is -3.36. The number of amides is 1. The standard InChI is InChI=1S/C22H18N2O6S2/c1-32(26,27)15-8-9-16-20(11-15)31-22(23-16)24(12-14-5-4-10-28-14)21(25)19-13-29-17-6-2-3-7-18(17)30-19/h2-11,19H,12-13H2,1H3. The topological polar surface area (TPSA) is 98.9 Å². The first-order valence-corrected chi connectivity index (χ1v) is 12.4. The van der Waals surface area contributed by atoms with Crippen molar-refractivity contribution in [3.8, 4) is 11.5 Å². The number of carbonyl (C=O) groups excluding carboxylic acids is 1. The molecule has 10 heteroatoms. The minimum Gasteiger partial charge on any atom is -0.485 e. The Labute approximate surface area is 187 Å². The fourth-order valence-electron chi connectivity index (χ4n) is 3.35. The first-order chi connectivity index (χ1) is 15.4. The number of benzene rings is 2. The summed E-state index contributed by atoms with van der Waals surface area (Å²) in [6.07, 6.45) is 1.82. The molecule has 164 valence electrons. The van der Waals surface area contributed by atoms with E-state index in [1.807, 2.05) is 12.1 Å². The van der Waals surface area contributed by atoms with Crippen LogP contribution in [0.5, 0.6) is 11.5 Å². The molecule has 2 aromatic carbocycles. The fourth-order valence-corrected chi connectivity index (χ4v) is 5.08. The zero-order valence-electron chi connectivity index (χ0n) is 16.9. The van der Waals surface area contributed by atoms with Gasteiger partial charge in [0.25, 0.3) is 5.91 Å². The van der Waals surface area contributed by atoms with Crippen LogP contribution in [0.3, 0.4) is 0 Å². The van der Waals surface area contributed by atoms with Gasteiger partial charge in [0.1, 0.15) is 12.4 Å². The molecule has 4 aromatic rings. The summed E-state index contributed by atoms with van der Waals surface area (Å²) in [6, 6.07) is 15.4. The normalized spacial score (nSPS) is 15.6. The maximum absolute atomic E-state index is 13.5. The van der Waals surface area contributed by atoms with Gasteiger partial charge in [0.05, 0.1) is 27.9 Å². The number of thiazole rings is 1. The van der Waals surface area contributed by atoms with Gasteiger partial charge in [-0.25, -0.2) is 13.4 Å². The highest BCUT2D eigenvalue weighted by Gasteiger charge is 2.33. The Kier molecular flexibility index (Phi) is 5.10. The molecule has 1 amide bonds. The van der Waals surface area contributed by atoms with Crippen LogP contribution in [-0.4, -0.2) is 38.3 Å². The lowest BCUT2D eigenvalue weighted by atomic mass is 10.2. The summed E-state index contributed by atoms with van der Waals surface area (Å²) in [5.41, 5.74) is 0.598. The van der Waals surface area contributed by atoms with Crippen LogP contribution in [-0.2, 0) is 21.2 Å². The zero-order valence-corrected chi connectivity index (χ0v) is 18.6. The molecule has 0 fully saturated rings. The van der Waals surface area contributed by atoms with Crippen molar-refractivity contribution in [3.63, 3.8) is 0 Å². The van der Waals surface area contributed by atoms with Crippen LogP contribution in [0.2, 0.25) is 0 Å². The predicted molar refractivity (Wildman–Crippen MR) is 119 cm³/mol. The molecule has 0 saturated carbocycles. The van der Waals surface area contributed by atoms with E-state index in [2.05, 4.69) is 4.98 Å². The van der Waals surface area contributed by atoms with Crippen LogP contribution in [0.1, 0.15) is 5.76 Å². The number of hydrogen-bond donors (Lipinski definition) is 0. The van der Waals surface area contributed by atoms with Crippen molar-refractivity contribution in [3.05, 3.63) is 66.6 Å². The van der Waals surface area contributed by atoms with Gasteiger partial charge in [-0.3, -0.25) is 9.69 Å². The lowest BCUT2D eigenvalue weighted by Gasteiger charge is -2.29. The van der Waals surface area contributed by atoms with Gasteiger partial charge < -0.3 is 13.9 Å². The van der Waals surface area contributed by atoms with E-state index in [1.165, 1.54) is 28.6 Å². The van der Waals surface area contributed by atoms with E-state index >= 15 is 0 Å². The third kappa shape index (κ3) is 3.94. The van der Waals surface area contributed by atoms with Crippen molar-refractivity contribution in [2.45, 2.75) is 17.5 Å². The van der Waals surface area contributed by atoms with Gasteiger partial charge in [0.15, 0.2) is 26.5 Å². The van der Waals surface area contributed by atoms with Crippen LogP contribution in [0.15, 0.2) is 70.2 Å². The summed E-state index contributed by atoms with van der Waals surface area (Å²) >= 11 is 1.23.